The van der Waals surface area contributed by atoms with E-state index in [-0.39, 0.29) is 42.5 Å². The zero-order valence-corrected chi connectivity index (χ0v) is 20.6. The number of hydrogen-bond acceptors (Lipinski definition) is 5. The van der Waals surface area contributed by atoms with Crippen LogP contribution in [-0.2, 0) is 14.6 Å². The highest BCUT2D eigenvalue weighted by molar-refractivity contribution is 7.92. The zero-order valence-electron chi connectivity index (χ0n) is 19.8. The van der Waals surface area contributed by atoms with Gasteiger partial charge in [-0.3, -0.25) is 14.4 Å². The monoisotopic (exact) mass is 505 g/mol. The molecule has 186 valence electrons. The van der Waals surface area contributed by atoms with Crippen LogP contribution in [0.2, 0.25) is 0 Å². The second-order valence-electron chi connectivity index (χ2n) is 8.56. The summed E-state index contributed by atoms with van der Waals surface area (Å²) in [6.07, 6.45) is 0. The van der Waals surface area contributed by atoms with Crippen molar-refractivity contribution in [2.24, 2.45) is 0 Å². The van der Waals surface area contributed by atoms with Gasteiger partial charge in [-0.1, -0.05) is 54.1 Å². The third kappa shape index (κ3) is 5.46. The van der Waals surface area contributed by atoms with Crippen LogP contribution in [0.3, 0.4) is 0 Å². The Balaban J connectivity index is 1.53. The van der Waals surface area contributed by atoms with Gasteiger partial charge in [0.2, 0.25) is 15.2 Å². The summed E-state index contributed by atoms with van der Waals surface area (Å²) >= 11 is 0. The molecule has 3 aromatic carbocycles. The minimum Gasteiger partial charge on any atom is -0.336 e. The molecule has 1 aliphatic rings. The standard InChI is InChI=1S/C27H27N3O5S/c1-20-12-14-22(15-13-20)26(32)29-16-18-30(19-17-29)27(33)25(28-24(31)21-8-4-2-5-9-21)36(34,35)23-10-6-3-7-11-23/h2-15,25H,16-19H2,1H3,(H,28,31)/t25-/m1/s1. The first-order valence-corrected chi connectivity index (χ1v) is 13.1. The molecule has 4 rings (SSSR count). The van der Waals surface area contributed by atoms with E-state index in [9.17, 15) is 22.8 Å². The van der Waals surface area contributed by atoms with Crippen molar-refractivity contribution in [2.75, 3.05) is 26.2 Å². The number of nitrogens with zero attached hydrogens (tertiary/aromatic N) is 2. The van der Waals surface area contributed by atoms with E-state index in [0.717, 1.165) is 5.56 Å². The molecule has 0 spiro atoms. The number of hydrogen-bond donors (Lipinski definition) is 1. The third-order valence-corrected chi connectivity index (χ3v) is 7.95. The molecule has 0 aliphatic carbocycles. The maximum atomic E-state index is 13.5. The molecule has 36 heavy (non-hydrogen) atoms. The number of piperazine rings is 1. The van der Waals surface area contributed by atoms with Crippen molar-refractivity contribution in [3.05, 3.63) is 102 Å². The molecule has 0 radical (unpaired) electrons. The number of aryl methyl sites for hydroxylation is 1. The van der Waals surface area contributed by atoms with E-state index in [1.807, 2.05) is 19.1 Å². The highest BCUT2D eigenvalue weighted by Crippen LogP contribution is 2.19. The molecule has 1 saturated heterocycles. The van der Waals surface area contributed by atoms with Crippen LogP contribution in [0.5, 0.6) is 0 Å². The summed E-state index contributed by atoms with van der Waals surface area (Å²) in [6, 6.07) is 22.9. The molecule has 3 amide bonds. The SMILES string of the molecule is Cc1ccc(C(=O)N2CCN(C(=O)[C@H](NC(=O)c3ccccc3)S(=O)(=O)c3ccccc3)CC2)cc1. The van der Waals surface area contributed by atoms with Crippen molar-refractivity contribution >= 4 is 27.6 Å². The van der Waals surface area contributed by atoms with E-state index in [1.54, 1.807) is 65.6 Å². The molecule has 3 aromatic rings. The van der Waals surface area contributed by atoms with Crippen LogP contribution >= 0.6 is 0 Å². The molecular formula is C27H27N3O5S. The van der Waals surface area contributed by atoms with Gasteiger partial charge in [-0.05, 0) is 43.3 Å². The fourth-order valence-electron chi connectivity index (χ4n) is 3.98. The lowest BCUT2D eigenvalue weighted by Crippen LogP contribution is -2.57. The molecule has 0 unspecified atom stereocenters. The topological polar surface area (TPSA) is 104 Å². The van der Waals surface area contributed by atoms with Gasteiger partial charge in [0.25, 0.3) is 17.7 Å². The Labute approximate surface area is 210 Å². The van der Waals surface area contributed by atoms with Crippen molar-refractivity contribution in [2.45, 2.75) is 17.2 Å². The predicted molar refractivity (Wildman–Crippen MR) is 135 cm³/mol. The van der Waals surface area contributed by atoms with Gasteiger partial charge in [-0.15, -0.1) is 0 Å². The van der Waals surface area contributed by atoms with Crippen LogP contribution in [0.15, 0.2) is 89.8 Å². The number of benzene rings is 3. The van der Waals surface area contributed by atoms with Gasteiger partial charge >= 0.3 is 0 Å². The number of rotatable bonds is 6. The molecule has 0 aromatic heterocycles. The summed E-state index contributed by atoms with van der Waals surface area (Å²) < 4.78 is 26.9. The van der Waals surface area contributed by atoms with Crippen molar-refractivity contribution in [1.82, 2.24) is 15.1 Å². The first kappa shape index (κ1) is 25.1. The van der Waals surface area contributed by atoms with Crippen LogP contribution in [0.25, 0.3) is 0 Å². The number of carbonyl (C=O) groups is 3. The van der Waals surface area contributed by atoms with Crippen molar-refractivity contribution in [1.29, 1.82) is 0 Å². The van der Waals surface area contributed by atoms with Gasteiger partial charge < -0.3 is 15.1 Å². The summed E-state index contributed by atoms with van der Waals surface area (Å²) in [6.45, 7) is 2.75. The predicted octanol–water partition coefficient (Wildman–Crippen LogP) is 2.51. The summed E-state index contributed by atoms with van der Waals surface area (Å²) in [4.78, 5) is 42.1. The average Bonchev–Trinajstić information content (AvgIpc) is 2.92. The van der Waals surface area contributed by atoms with Crippen molar-refractivity contribution in [3.63, 3.8) is 0 Å². The van der Waals surface area contributed by atoms with Crippen LogP contribution in [-0.4, -0.2) is 67.5 Å². The Morgan fingerprint density at radius 3 is 1.83 bits per heavy atom. The molecule has 8 nitrogen and oxygen atoms in total. The number of amides is 3. The van der Waals surface area contributed by atoms with Gasteiger partial charge in [-0.25, -0.2) is 8.42 Å². The fraction of sp³-hybridized carbons (Fsp3) is 0.222. The van der Waals surface area contributed by atoms with Crippen LogP contribution in [0.1, 0.15) is 26.3 Å². The maximum Gasteiger partial charge on any atom is 0.261 e. The third-order valence-electron chi connectivity index (χ3n) is 6.08. The van der Waals surface area contributed by atoms with Crippen LogP contribution < -0.4 is 5.32 Å². The minimum atomic E-state index is -4.23. The number of sulfone groups is 1. The summed E-state index contributed by atoms with van der Waals surface area (Å²) in [7, 11) is -4.23. The lowest BCUT2D eigenvalue weighted by molar-refractivity contribution is -0.132. The first-order chi connectivity index (χ1) is 17.3. The van der Waals surface area contributed by atoms with Gasteiger partial charge in [0.15, 0.2) is 0 Å². The quantitative estimate of drug-likeness (QED) is 0.555. The van der Waals surface area contributed by atoms with E-state index in [1.165, 1.54) is 17.0 Å². The second-order valence-corrected chi connectivity index (χ2v) is 10.6. The molecule has 1 atom stereocenters. The normalized spacial score (nSPS) is 14.7. The van der Waals surface area contributed by atoms with Crippen molar-refractivity contribution in [3.8, 4) is 0 Å². The van der Waals surface area contributed by atoms with Gasteiger partial charge in [0.05, 0.1) is 4.90 Å². The Morgan fingerprint density at radius 2 is 1.25 bits per heavy atom. The highest BCUT2D eigenvalue weighted by atomic mass is 32.2. The lowest BCUT2D eigenvalue weighted by Gasteiger charge is -2.36. The van der Waals surface area contributed by atoms with Gasteiger partial charge in [0, 0.05) is 37.3 Å². The zero-order chi connectivity index (χ0) is 25.7. The summed E-state index contributed by atoms with van der Waals surface area (Å²) in [5.41, 5.74) is 1.84. The molecule has 0 saturated carbocycles. The van der Waals surface area contributed by atoms with E-state index in [0.29, 0.717) is 5.56 Å². The van der Waals surface area contributed by atoms with E-state index >= 15 is 0 Å². The molecule has 9 heteroatoms. The Bertz CT molecular complexity index is 1340. The smallest absolute Gasteiger partial charge is 0.261 e. The Kier molecular flexibility index (Phi) is 7.49. The summed E-state index contributed by atoms with van der Waals surface area (Å²) in [5, 5.41) is 0.636. The van der Waals surface area contributed by atoms with Crippen LogP contribution in [0, 0.1) is 6.92 Å². The lowest BCUT2D eigenvalue weighted by atomic mass is 10.1. The molecule has 1 heterocycles. The largest absolute Gasteiger partial charge is 0.336 e. The molecular weight excluding hydrogens is 478 g/mol. The molecule has 1 fully saturated rings. The number of nitrogens with one attached hydrogen (secondary N) is 1. The molecule has 1 N–H and O–H groups in total. The Hall–Kier alpha value is -3.98. The van der Waals surface area contributed by atoms with Crippen molar-refractivity contribution < 1.29 is 22.8 Å². The van der Waals surface area contributed by atoms with Gasteiger partial charge in [-0.2, -0.15) is 0 Å². The fourth-order valence-corrected chi connectivity index (χ4v) is 5.47. The van der Waals surface area contributed by atoms with E-state index < -0.39 is 27.0 Å². The average molecular weight is 506 g/mol. The molecule has 1 aliphatic heterocycles. The minimum absolute atomic E-state index is 0.0649. The Morgan fingerprint density at radius 1 is 0.722 bits per heavy atom. The first-order valence-electron chi connectivity index (χ1n) is 11.6. The number of carbonyl (C=O) groups excluding carboxylic acids is 3. The van der Waals surface area contributed by atoms with E-state index in [2.05, 4.69) is 5.32 Å². The van der Waals surface area contributed by atoms with E-state index in [4.69, 9.17) is 0 Å². The highest BCUT2D eigenvalue weighted by Gasteiger charge is 2.39. The van der Waals surface area contributed by atoms with Gasteiger partial charge in [0.1, 0.15) is 0 Å². The molecule has 0 bridgehead atoms. The second kappa shape index (κ2) is 10.7. The van der Waals surface area contributed by atoms with Crippen LogP contribution in [0.4, 0.5) is 0 Å². The summed E-state index contributed by atoms with van der Waals surface area (Å²) in [5.74, 6) is -1.54. The maximum absolute atomic E-state index is 13.5.